The van der Waals surface area contributed by atoms with Gasteiger partial charge in [0.2, 0.25) is 17.7 Å². The minimum absolute atomic E-state index is 0.0158. The molecule has 0 bridgehead atoms. The predicted molar refractivity (Wildman–Crippen MR) is 150 cm³/mol. The molecule has 11 heteroatoms. The number of aromatic nitrogens is 1. The summed E-state index contributed by atoms with van der Waals surface area (Å²) in [5, 5.41) is 27.8. The fraction of sp³-hybridized carbons (Fsp3) is 0.379. The van der Waals surface area contributed by atoms with E-state index in [2.05, 4.69) is 20.9 Å². The van der Waals surface area contributed by atoms with Crippen LogP contribution in [0.15, 0.2) is 60.8 Å². The molecule has 2 aromatic carbocycles. The minimum Gasteiger partial charge on any atom is -0.480 e. The number of H-pyrrole nitrogens is 1. The lowest BCUT2D eigenvalue weighted by Gasteiger charge is -2.26. The number of aliphatic hydroxyl groups is 1. The number of aliphatic carboxylic acids is 1. The third-order valence-corrected chi connectivity index (χ3v) is 6.50. The molecule has 0 aliphatic heterocycles. The van der Waals surface area contributed by atoms with Crippen LogP contribution in [0.4, 0.5) is 0 Å². The van der Waals surface area contributed by atoms with Crippen LogP contribution in [0.25, 0.3) is 10.9 Å². The SMILES string of the molecule is CC(C)C[C@H](NC(=O)[C@H](Cc1c[nH]c2ccccc12)NC(=O)[C@@H](N)CO)C(=O)N[C@@H](Cc1ccccc1)C(=O)O. The molecular formula is C29H37N5O6. The van der Waals surface area contributed by atoms with E-state index >= 15 is 0 Å². The van der Waals surface area contributed by atoms with Gasteiger partial charge < -0.3 is 36.9 Å². The summed E-state index contributed by atoms with van der Waals surface area (Å²) >= 11 is 0. The molecule has 0 fully saturated rings. The van der Waals surface area contributed by atoms with Crippen LogP contribution in [0, 0.1) is 5.92 Å². The second-order valence-electron chi connectivity index (χ2n) is 10.2. The number of carboxylic acids is 1. The Labute approximate surface area is 232 Å². The molecule has 3 aromatic rings. The number of hydrogen-bond donors (Lipinski definition) is 7. The summed E-state index contributed by atoms with van der Waals surface area (Å²) < 4.78 is 0. The Hall–Kier alpha value is -4.22. The Bertz CT molecular complexity index is 1310. The smallest absolute Gasteiger partial charge is 0.326 e. The van der Waals surface area contributed by atoms with Gasteiger partial charge in [0.15, 0.2) is 0 Å². The number of aliphatic hydroxyl groups excluding tert-OH is 1. The Morgan fingerprint density at radius 1 is 0.825 bits per heavy atom. The molecule has 0 aliphatic rings. The summed E-state index contributed by atoms with van der Waals surface area (Å²) in [5.74, 6) is -3.22. The normalized spacial score (nSPS) is 14.2. The van der Waals surface area contributed by atoms with Crippen molar-refractivity contribution in [2.75, 3.05) is 6.61 Å². The first-order chi connectivity index (χ1) is 19.1. The van der Waals surface area contributed by atoms with Gasteiger partial charge in [-0.25, -0.2) is 4.79 Å². The lowest BCUT2D eigenvalue weighted by Crippen LogP contribution is -2.58. The number of para-hydroxylation sites is 1. The van der Waals surface area contributed by atoms with Crippen molar-refractivity contribution in [3.05, 3.63) is 71.9 Å². The molecule has 0 saturated carbocycles. The summed E-state index contributed by atoms with van der Waals surface area (Å²) in [6, 6.07) is 11.8. The highest BCUT2D eigenvalue weighted by Gasteiger charge is 2.31. The maximum absolute atomic E-state index is 13.5. The average Bonchev–Trinajstić information content (AvgIpc) is 3.34. The lowest BCUT2D eigenvalue weighted by molar-refractivity contribution is -0.142. The van der Waals surface area contributed by atoms with Gasteiger partial charge in [-0.3, -0.25) is 14.4 Å². The molecule has 3 amide bonds. The third-order valence-electron chi connectivity index (χ3n) is 6.50. The van der Waals surface area contributed by atoms with Crippen molar-refractivity contribution in [2.45, 2.75) is 57.3 Å². The number of fused-ring (bicyclic) bond motifs is 1. The number of rotatable bonds is 14. The van der Waals surface area contributed by atoms with Crippen molar-refractivity contribution >= 4 is 34.6 Å². The van der Waals surface area contributed by atoms with Crippen molar-refractivity contribution in [1.82, 2.24) is 20.9 Å². The molecule has 0 spiro atoms. The van der Waals surface area contributed by atoms with Gasteiger partial charge in [-0.15, -0.1) is 0 Å². The molecular weight excluding hydrogens is 514 g/mol. The second kappa shape index (κ2) is 14.2. The Morgan fingerprint density at radius 2 is 1.43 bits per heavy atom. The van der Waals surface area contributed by atoms with Crippen LogP contribution in [0.5, 0.6) is 0 Å². The Balaban J connectivity index is 1.81. The number of nitrogens with one attached hydrogen (secondary N) is 4. The highest BCUT2D eigenvalue weighted by Crippen LogP contribution is 2.19. The molecule has 0 unspecified atom stereocenters. The average molecular weight is 552 g/mol. The van der Waals surface area contributed by atoms with Gasteiger partial charge >= 0.3 is 5.97 Å². The zero-order valence-electron chi connectivity index (χ0n) is 22.6. The number of amides is 3. The van der Waals surface area contributed by atoms with Crippen LogP contribution in [0.1, 0.15) is 31.4 Å². The first kappa shape index (κ1) is 30.3. The topological polar surface area (TPSA) is 187 Å². The maximum atomic E-state index is 13.5. The molecule has 3 rings (SSSR count). The third kappa shape index (κ3) is 8.39. The van der Waals surface area contributed by atoms with Crippen LogP contribution in [-0.2, 0) is 32.0 Å². The number of carbonyl (C=O) groups is 4. The van der Waals surface area contributed by atoms with Crippen LogP contribution < -0.4 is 21.7 Å². The number of hydrogen-bond acceptors (Lipinski definition) is 6. The molecule has 1 aromatic heterocycles. The first-order valence-electron chi connectivity index (χ1n) is 13.2. The summed E-state index contributed by atoms with van der Waals surface area (Å²) in [6.07, 6.45) is 2.13. The summed E-state index contributed by atoms with van der Waals surface area (Å²) in [4.78, 5) is 54.4. The lowest BCUT2D eigenvalue weighted by atomic mass is 9.99. The van der Waals surface area contributed by atoms with E-state index in [1.807, 2.05) is 44.2 Å². The van der Waals surface area contributed by atoms with Gasteiger partial charge in [0.25, 0.3) is 0 Å². The van der Waals surface area contributed by atoms with E-state index in [-0.39, 0.29) is 25.2 Å². The Kier molecular flexibility index (Phi) is 10.8. The molecule has 4 atom stereocenters. The van der Waals surface area contributed by atoms with Crippen molar-refractivity contribution in [2.24, 2.45) is 11.7 Å². The number of carboxylic acid groups (broad SMARTS) is 1. The van der Waals surface area contributed by atoms with E-state index in [0.29, 0.717) is 0 Å². The van der Waals surface area contributed by atoms with Crippen molar-refractivity contribution < 1.29 is 29.4 Å². The molecule has 1 heterocycles. The highest BCUT2D eigenvalue weighted by molar-refractivity contribution is 5.95. The summed E-state index contributed by atoms with van der Waals surface area (Å²) in [5.41, 5.74) is 8.02. The zero-order chi connectivity index (χ0) is 29.2. The zero-order valence-corrected chi connectivity index (χ0v) is 22.6. The van der Waals surface area contributed by atoms with Gasteiger partial charge in [-0.05, 0) is 29.5 Å². The monoisotopic (exact) mass is 551 g/mol. The Morgan fingerprint density at radius 3 is 2.08 bits per heavy atom. The molecule has 11 nitrogen and oxygen atoms in total. The van der Waals surface area contributed by atoms with Crippen molar-refractivity contribution in [3.63, 3.8) is 0 Å². The number of aromatic amines is 1. The van der Waals surface area contributed by atoms with Gasteiger partial charge in [0.05, 0.1) is 6.61 Å². The summed E-state index contributed by atoms with van der Waals surface area (Å²) in [6.45, 7) is 3.14. The number of benzene rings is 2. The van der Waals surface area contributed by atoms with Crippen LogP contribution >= 0.6 is 0 Å². The predicted octanol–water partition coefficient (Wildman–Crippen LogP) is 0.858. The molecule has 0 saturated heterocycles. The van der Waals surface area contributed by atoms with Crippen LogP contribution in [0.3, 0.4) is 0 Å². The van der Waals surface area contributed by atoms with Gasteiger partial charge in [0.1, 0.15) is 24.2 Å². The molecule has 0 aliphatic carbocycles. The van der Waals surface area contributed by atoms with E-state index in [1.165, 1.54) is 0 Å². The van der Waals surface area contributed by atoms with Gasteiger partial charge in [0, 0.05) is 29.9 Å². The fourth-order valence-corrected chi connectivity index (χ4v) is 4.39. The fourth-order valence-electron chi connectivity index (χ4n) is 4.39. The summed E-state index contributed by atoms with van der Waals surface area (Å²) in [7, 11) is 0. The largest absolute Gasteiger partial charge is 0.480 e. The quantitative estimate of drug-likeness (QED) is 0.155. The van der Waals surface area contributed by atoms with E-state index in [0.717, 1.165) is 22.0 Å². The molecule has 40 heavy (non-hydrogen) atoms. The molecule has 214 valence electrons. The van der Waals surface area contributed by atoms with Gasteiger partial charge in [-0.1, -0.05) is 62.4 Å². The number of nitrogens with two attached hydrogens (primary N) is 1. The van der Waals surface area contributed by atoms with E-state index in [4.69, 9.17) is 5.73 Å². The molecule has 8 N–H and O–H groups in total. The first-order valence-corrected chi connectivity index (χ1v) is 13.2. The minimum atomic E-state index is -1.23. The second-order valence-corrected chi connectivity index (χ2v) is 10.2. The van der Waals surface area contributed by atoms with Crippen LogP contribution in [0.2, 0.25) is 0 Å². The highest BCUT2D eigenvalue weighted by atomic mass is 16.4. The van der Waals surface area contributed by atoms with E-state index in [9.17, 15) is 29.4 Å². The molecule has 0 radical (unpaired) electrons. The standard InChI is InChI=1S/C29H37N5O6/c1-17(2)12-23(27(37)34-25(29(39)40)13-18-8-4-3-5-9-18)33-28(38)24(32-26(36)21(30)16-35)14-19-15-31-22-11-7-6-10-20(19)22/h3-11,15,17,21,23-25,31,35H,12-14,16,30H2,1-2H3,(H,32,36)(H,33,38)(H,34,37)(H,39,40)/t21-,23-,24-,25-/m0/s1. The van der Waals surface area contributed by atoms with Crippen LogP contribution in [-0.4, -0.2) is 69.7 Å². The van der Waals surface area contributed by atoms with Crippen molar-refractivity contribution in [1.29, 1.82) is 0 Å². The number of carbonyl (C=O) groups excluding carboxylic acids is 3. The van der Waals surface area contributed by atoms with E-state index in [1.54, 1.807) is 30.5 Å². The maximum Gasteiger partial charge on any atom is 0.326 e. The van der Waals surface area contributed by atoms with E-state index < -0.39 is 54.5 Å². The van der Waals surface area contributed by atoms with Gasteiger partial charge in [-0.2, -0.15) is 0 Å². The van der Waals surface area contributed by atoms with Crippen molar-refractivity contribution in [3.8, 4) is 0 Å².